The number of thiophene rings is 1. The number of rotatable bonds is 9. The van der Waals surface area contributed by atoms with Gasteiger partial charge in [-0.2, -0.15) is 0 Å². The van der Waals surface area contributed by atoms with Crippen LogP contribution in [0.4, 0.5) is 10.1 Å². The van der Waals surface area contributed by atoms with Crippen LogP contribution in [0.3, 0.4) is 0 Å². The van der Waals surface area contributed by atoms with Crippen LogP contribution in [0.15, 0.2) is 60.0 Å². The van der Waals surface area contributed by atoms with Crippen molar-refractivity contribution in [3.8, 4) is 11.5 Å². The Bertz CT molecular complexity index is 1140. The van der Waals surface area contributed by atoms with Crippen molar-refractivity contribution in [1.82, 2.24) is 5.32 Å². The van der Waals surface area contributed by atoms with Gasteiger partial charge in [0.25, 0.3) is 0 Å². The lowest BCUT2D eigenvalue weighted by atomic mass is 10.0. The van der Waals surface area contributed by atoms with Crippen molar-refractivity contribution in [3.63, 3.8) is 0 Å². The first kappa shape index (κ1) is 24.7. The minimum atomic E-state index is -1.02. The van der Waals surface area contributed by atoms with Crippen LogP contribution in [0, 0.1) is 5.82 Å². The average Bonchev–Trinajstić information content (AvgIpc) is 3.57. The average molecular weight is 497 g/mol. The van der Waals surface area contributed by atoms with Gasteiger partial charge in [-0.15, -0.1) is 11.3 Å². The van der Waals surface area contributed by atoms with Gasteiger partial charge in [0.05, 0.1) is 26.3 Å². The molecule has 184 valence electrons. The lowest BCUT2D eigenvalue weighted by Gasteiger charge is -2.33. The molecule has 1 heterocycles. The van der Waals surface area contributed by atoms with Gasteiger partial charge in [0.2, 0.25) is 11.8 Å². The molecule has 1 fully saturated rings. The standard InChI is InChI=1S/C27H29FN2O4S/c1-33-21-13-14-24(34-2)23(16-21)30(25(31)17-22-8-5-15-35-22)26(18-9-11-19(28)12-10-18)27(32)29-20-6-3-4-7-20/h5,8-16,20,26H,3-4,6-7,17H2,1-2H3,(H,29,32)/t26-/m0/s1. The molecule has 3 aromatic rings. The fraction of sp³-hybridized carbons (Fsp3) is 0.333. The summed E-state index contributed by atoms with van der Waals surface area (Å²) in [6.45, 7) is 0. The first-order valence-corrected chi connectivity index (χ1v) is 12.5. The SMILES string of the molecule is COc1ccc(OC)c(N(C(=O)Cc2cccs2)[C@H](C(=O)NC2CCCC2)c2ccc(F)cc2)c1. The van der Waals surface area contributed by atoms with E-state index in [4.69, 9.17) is 9.47 Å². The first-order chi connectivity index (χ1) is 17.0. The van der Waals surface area contributed by atoms with Crippen LogP contribution in [-0.4, -0.2) is 32.1 Å². The minimum absolute atomic E-state index is 0.0481. The summed E-state index contributed by atoms with van der Waals surface area (Å²) in [5.74, 6) is -0.0724. The van der Waals surface area contributed by atoms with E-state index in [-0.39, 0.29) is 24.3 Å². The third-order valence-electron chi connectivity index (χ3n) is 6.21. The van der Waals surface area contributed by atoms with Crippen molar-refractivity contribution in [2.75, 3.05) is 19.1 Å². The molecule has 35 heavy (non-hydrogen) atoms. The van der Waals surface area contributed by atoms with E-state index in [1.165, 1.54) is 42.6 Å². The van der Waals surface area contributed by atoms with Crippen molar-refractivity contribution in [3.05, 3.63) is 76.2 Å². The van der Waals surface area contributed by atoms with Gasteiger partial charge in [-0.25, -0.2) is 4.39 Å². The highest BCUT2D eigenvalue weighted by atomic mass is 32.1. The predicted octanol–water partition coefficient (Wildman–Crippen LogP) is 5.28. The predicted molar refractivity (Wildman–Crippen MR) is 135 cm³/mol. The second kappa shape index (κ2) is 11.4. The Morgan fingerprint density at radius 3 is 2.46 bits per heavy atom. The quantitative estimate of drug-likeness (QED) is 0.438. The van der Waals surface area contributed by atoms with Gasteiger partial charge in [-0.05, 0) is 54.1 Å². The van der Waals surface area contributed by atoms with E-state index in [0.29, 0.717) is 22.7 Å². The lowest BCUT2D eigenvalue weighted by Crippen LogP contribution is -2.47. The molecule has 1 saturated carbocycles. The Morgan fingerprint density at radius 1 is 1.09 bits per heavy atom. The number of hydrogen-bond donors (Lipinski definition) is 1. The van der Waals surface area contributed by atoms with Crippen LogP contribution < -0.4 is 19.7 Å². The maximum Gasteiger partial charge on any atom is 0.248 e. The fourth-order valence-corrected chi connectivity index (χ4v) is 5.16. The second-order valence-electron chi connectivity index (χ2n) is 8.50. The Balaban J connectivity index is 1.83. The van der Waals surface area contributed by atoms with Gasteiger partial charge in [0.15, 0.2) is 0 Å². The molecule has 1 atom stereocenters. The molecule has 2 amide bonds. The minimum Gasteiger partial charge on any atom is -0.497 e. The molecule has 1 aromatic heterocycles. The Hall–Kier alpha value is -3.39. The number of methoxy groups -OCH3 is 2. The van der Waals surface area contributed by atoms with Gasteiger partial charge >= 0.3 is 0 Å². The molecule has 0 aliphatic heterocycles. The van der Waals surface area contributed by atoms with Crippen molar-refractivity contribution >= 4 is 28.8 Å². The van der Waals surface area contributed by atoms with Gasteiger partial charge in [0.1, 0.15) is 23.4 Å². The van der Waals surface area contributed by atoms with Crippen molar-refractivity contribution in [2.24, 2.45) is 0 Å². The van der Waals surface area contributed by atoms with E-state index in [1.807, 2.05) is 17.5 Å². The van der Waals surface area contributed by atoms with Crippen LogP contribution in [-0.2, 0) is 16.0 Å². The van der Waals surface area contributed by atoms with E-state index >= 15 is 0 Å². The number of hydrogen-bond acceptors (Lipinski definition) is 5. The third kappa shape index (κ3) is 5.82. The van der Waals surface area contributed by atoms with Crippen molar-refractivity contribution in [1.29, 1.82) is 0 Å². The van der Waals surface area contributed by atoms with Gasteiger partial charge in [-0.3, -0.25) is 14.5 Å². The zero-order valence-electron chi connectivity index (χ0n) is 19.8. The number of nitrogens with one attached hydrogen (secondary N) is 1. The number of halogens is 1. The third-order valence-corrected chi connectivity index (χ3v) is 7.09. The van der Waals surface area contributed by atoms with Crippen LogP contribution in [0.2, 0.25) is 0 Å². The van der Waals surface area contributed by atoms with E-state index in [0.717, 1.165) is 30.6 Å². The maximum absolute atomic E-state index is 13.9. The summed E-state index contributed by atoms with van der Waals surface area (Å²) >= 11 is 1.47. The molecule has 6 nitrogen and oxygen atoms in total. The zero-order valence-corrected chi connectivity index (χ0v) is 20.6. The van der Waals surface area contributed by atoms with E-state index < -0.39 is 11.9 Å². The number of carbonyl (C=O) groups excluding carboxylic acids is 2. The van der Waals surface area contributed by atoms with Crippen molar-refractivity contribution in [2.45, 2.75) is 44.2 Å². The summed E-state index contributed by atoms with van der Waals surface area (Å²) in [5.41, 5.74) is 0.913. The highest BCUT2D eigenvalue weighted by Crippen LogP contribution is 2.38. The number of anilines is 1. The van der Waals surface area contributed by atoms with Crippen LogP contribution >= 0.6 is 11.3 Å². The highest BCUT2D eigenvalue weighted by molar-refractivity contribution is 7.10. The van der Waals surface area contributed by atoms with E-state index in [1.54, 1.807) is 30.3 Å². The summed E-state index contributed by atoms with van der Waals surface area (Å²) in [4.78, 5) is 30.0. The number of nitrogens with zero attached hydrogens (tertiary/aromatic N) is 1. The molecule has 0 saturated heterocycles. The molecule has 0 unspecified atom stereocenters. The maximum atomic E-state index is 13.9. The van der Waals surface area contributed by atoms with Gasteiger partial charge in [0, 0.05) is 17.0 Å². The largest absolute Gasteiger partial charge is 0.497 e. The smallest absolute Gasteiger partial charge is 0.248 e. The van der Waals surface area contributed by atoms with Crippen LogP contribution in [0.5, 0.6) is 11.5 Å². The first-order valence-electron chi connectivity index (χ1n) is 11.6. The Morgan fingerprint density at radius 2 is 1.83 bits per heavy atom. The number of amides is 2. The van der Waals surface area contributed by atoms with Gasteiger partial charge in [-0.1, -0.05) is 31.0 Å². The summed E-state index contributed by atoms with van der Waals surface area (Å²) in [5, 5.41) is 5.03. The number of carbonyl (C=O) groups is 2. The molecule has 2 aromatic carbocycles. The summed E-state index contributed by atoms with van der Waals surface area (Å²) in [6.07, 6.45) is 4.00. The monoisotopic (exact) mass is 496 g/mol. The molecule has 0 spiro atoms. The number of benzene rings is 2. The van der Waals surface area contributed by atoms with E-state index in [9.17, 15) is 14.0 Å². The second-order valence-corrected chi connectivity index (χ2v) is 9.53. The highest BCUT2D eigenvalue weighted by Gasteiger charge is 2.36. The Labute approximate surface area is 208 Å². The normalized spacial score (nSPS) is 14.4. The van der Waals surface area contributed by atoms with E-state index in [2.05, 4.69) is 5.32 Å². The van der Waals surface area contributed by atoms with Gasteiger partial charge < -0.3 is 14.8 Å². The topological polar surface area (TPSA) is 67.9 Å². The summed E-state index contributed by atoms with van der Waals surface area (Å²) in [6, 6.07) is 13.6. The fourth-order valence-electron chi connectivity index (χ4n) is 4.46. The molecule has 0 bridgehead atoms. The van der Waals surface area contributed by atoms with Crippen molar-refractivity contribution < 1.29 is 23.5 Å². The molecular formula is C27H29FN2O4S. The molecule has 1 N–H and O–H groups in total. The summed E-state index contributed by atoms with van der Waals surface area (Å²) in [7, 11) is 3.05. The zero-order chi connectivity index (χ0) is 24.8. The molecule has 0 radical (unpaired) electrons. The molecule has 1 aliphatic rings. The molecule has 8 heteroatoms. The molecular weight excluding hydrogens is 467 g/mol. The Kier molecular flexibility index (Phi) is 8.02. The molecule has 4 rings (SSSR count). The lowest BCUT2D eigenvalue weighted by molar-refractivity contribution is -0.127. The number of ether oxygens (including phenoxy) is 2. The van der Waals surface area contributed by atoms with Crippen LogP contribution in [0.1, 0.15) is 42.2 Å². The molecule has 1 aliphatic carbocycles. The van der Waals surface area contributed by atoms with Crippen LogP contribution in [0.25, 0.3) is 0 Å². The summed E-state index contributed by atoms with van der Waals surface area (Å²) < 4.78 is 24.8.